The highest BCUT2D eigenvalue weighted by Gasteiger charge is 2.09. The number of nitrogens with two attached hydrogens (primary N) is 1. The predicted octanol–water partition coefficient (Wildman–Crippen LogP) is 5.51. The lowest BCUT2D eigenvalue weighted by atomic mass is 9.88. The highest BCUT2D eigenvalue weighted by atomic mass is 14.4. The molecule has 2 N–H and O–H groups in total. The van der Waals surface area contributed by atoms with Crippen LogP contribution in [0.1, 0.15) is 67.7 Å². The van der Waals surface area contributed by atoms with Gasteiger partial charge in [-0.1, -0.05) is 54.9 Å². The van der Waals surface area contributed by atoms with Gasteiger partial charge in [-0.05, 0) is 37.6 Å². The Hall–Kier alpha value is -0.300. The normalized spacial score (nSPS) is 8.71. The summed E-state index contributed by atoms with van der Waals surface area (Å²) in [7, 11) is 1.50. The van der Waals surface area contributed by atoms with E-state index < -0.39 is 0 Å². The molecule has 0 spiro atoms. The standard InChI is InChI=1S/C11H24.C2H6.C2H4.CH5N/c1-6-11(7-9(2)3)8-10(4)5;3*1-2/h9-11H,6-8H2,1-5H3;1-2H3;1-2H2;2H2,1H3. The average molecular weight is 245 g/mol. The third kappa shape index (κ3) is 31.3. The van der Waals surface area contributed by atoms with Gasteiger partial charge in [-0.3, -0.25) is 0 Å². The van der Waals surface area contributed by atoms with E-state index in [2.05, 4.69) is 53.5 Å². The molecule has 1 heteroatoms. The molecular weight excluding hydrogens is 206 g/mol. The minimum Gasteiger partial charge on any atom is -0.333 e. The van der Waals surface area contributed by atoms with Gasteiger partial charge in [0.15, 0.2) is 0 Å². The van der Waals surface area contributed by atoms with Gasteiger partial charge < -0.3 is 5.73 Å². The van der Waals surface area contributed by atoms with E-state index in [1.807, 2.05) is 13.8 Å². The molecule has 0 aromatic heterocycles. The quantitative estimate of drug-likeness (QED) is 0.635. The Bertz CT molecular complexity index is 87.7. The van der Waals surface area contributed by atoms with E-state index in [1.165, 1.54) is 26.3 Å². The zero-order valence-corrected chi connectivity index (χ0v) is 13.8. The van der Waals surface area contributed by atoms with E-state index in [0.29, 0.717) is 0 Å². The molecule has 0 amide bonds. The van der Waals surface area contributed by atoms with Crippen LogP contribution >= 0.6 is 0 Å². The Labute approximate surface area is 112 Å². The van der Waals surface area contributed by atoms with E-state index in [-0.39, 0.29) is 0 Å². The molecular formula is C16H39N. The number of hydrogen-bond acceptors (Lipinski definition) is 1. The largest absolute Gasteiger partial charge is 0.333 e. The van der Waals surface area contributed by atoms with Crippen molar-refractivity contribution in [2.75, 3.05) is 7.05 Å². The maximum Gasteiger partial charge on any atom is -0.0195 e. The first-order valence-electron chi connectivity index (χ1n) is 7.14. The van der Waals surface area contributed by atoms with Crippen molar-refractivity contribution in [1.29, 1.82) is 0 Å². The van der Waals surface area contributed by atoms with Crippen molar-refractivity contribution in [2.24, 2.45) is 23.5 Å². The minimum atomic E-state index is 0.874. The molecule has 0 radical (unpaired) electrons. The SMILES string of the molecule is C=C.CC.CCC(CC(C)C)CC(C)C.CN. The number of rotatable bonds is 5. The van der Waals surface area contributed by atoms with Gasteiger partial charge in [-0.25, -0.2) is 0 Å². The Morgan fingerprint density at radius 2 is 1.06 bits per heavy atom. The highest BCUT2D eigenvalue weighted by molar-refractivity contribution is 4.61. The molecule has 0 unspecified atom stereocenters. The van der Waals surface area contributed by atoms with Crippen LogP contribution in [0.3, 0.4) is 0 Å². The molecule has 0 rings (SSSR count). The van der Waals surface area contributed by atoms with Gasteiger partial charge in [0.2, 0.25) is 0 Å². The summed E-state index contributed by atoms with van der Waals surface area (Å²) < 4.78 is 0. The van der Waals surface area contributed by atoms with E-state index in [9.17, 15) is 0 Å². The van der Waals surface area contributed by atoms with Gasteiger partial charge in [0.25, 0.3) is 0 Å². The lowest BCUT2D eigenvalue weighted by molar-refractivity contribution is 0.335. The molecule has 0 saturated heterocycles. The van der Waals surface area contributed by atoms with Crippen LogP contribution in [-0.4, -0.2) is 7.05 Å². The molecule has 0 aliphatic heterocycles. The maximum absolute atomic E-state index is 4.50. The van der Waals surface area contributed by atoms with Gasteiger partial charge in [0, 0.05) is 0 Å². The molecule has 0 saturated carbocycles. The second-order valence-electron chi connectivity index (χ2n) is 4.53. The van der Waals surface area contributed by atoms with E-state index in [4.69, 9.17) is 0 Å². The van der Waals surface area contributed by atoms with Gasteiger partial charge in [0.1, 0.15) is 0 Å². The molecule has 0 aliphatic rings. The van der Waals surface area contributed by atoms with Crippen molar-refractivity contribution in [2.45, 2.75) is 67.7 Å². The molecule has 0 fully saturated rings. The summed E-state index contributed by atoms with van der Waals surface area (Å²) in [6.07, 6.45) is 4.18. The summed E-state index contributed by atoms with van der Waals surface area (Å²) in [6.45, 7) is 21.6. The zero-order valence-electron chi connectivity index (χ0n) is 13.8. The number of hydrogen-bond donors (Lipinski definition) is 1. The predicted molar refractivity (Wildman–Crippen MR) is 85.4 cm³/mol. The maximum atomic E-state index is 4.50. The van der Waals surface area contributed by atoms with E-state index in [0.717, 1.165) is 17.8 Å². The summed E-state index contributed by atoms with van der Waals surface area (Å²) in [4.78, 5) is 0. The minimum absolute atomic E-state index is 0.874. The van der Waals surface area contributed by atoms with Crippen molar-refractivity contribution >= 4 is 0 Å². The molecule has 0 heterocycles. The van der Waals surface area contributed by atoms with Crippen LogP contribution in [0.5, 0.6) is 0 Å². The van der Waals surface area contributed by atoms with Gasteiger partial charge >= 0.3 is 0 Å². The van der Waals surface area contributed by atoms with Crippen LogP contribution in [0.2, 0.25) is 0 Å². The molecule has 0 aromatic rings. The molecule has 0 aliphatic carbocycles. The average Bonchev–Trinajstić information content (AvgIpc) is 2.34. The molecule has 1 nitrogen and oxygen atoms in total. The van der Waals surface area contributed by atoms with Crippen molar-refractivity contribution < 1.29 is 0 Å². The smallest absolute Gasteiger partial charge is 0.0195 e. The fourth-order valence-corrected chi connectivity index (χ4v) is 1.76. The third-order valence-electron chi connectivity index (χ3n) is 2.19. The van der Waals surface area contributed by atoms with Crippen LogP contribution in [0.15, 0.2) is 13.2 Å². The van der Waals surface area contributed by atoms with E-state index in [1.54, 1.807) is 0 Å². The summed E-state index contributed by atoms with van der Waals surface area (Å²) in [5.74, 6) is 2.72. The zero-order chi connectivity index (χ0) is 14.9. The second-order valence-corrected chi connectivity index (χ2v) is 4.53. The lowest BCUT2D eigenvalue weighted by Crippen LogP contribution is -2.06. The lowest BCUT2D eigenvalue weighted by Gasteiger charge is -2.18. The fraction of sp³-hybridized carbons (Fsp3) is 0.875. The summed E-state index contributed by atoms with van der Waals surface area (Å²) in [5, 5.41) is 0. The molecule has 0 atom stereocenters. The highest BCUT2D eigenvalue weighted by Crippen LogP contribution is 2.22. The van der Waals surface area contributed by atoms with Gasteiger partial charge in [0.05, 0.1) is 0 Å². The third-order valence-corrected chi connectivity index (χ3v) is 2.19. The van der Waals surface area contributed by atoms with Crippen molar-refractivity contribution in [3.8, 4) is 0 Å². The van der Waals surface area contributed by atoms with Crippen molar-refractivity contribution in [1.82, 2.24) is 0 Å². The topological polar surface area (TPSA) is 26.0 Å². The molecule has 17 heavy (non-hydrogen) atoms. The Morgan fingerprint density at radius 3 is 1.18 bits per heavy atom. The monoisotopic (exact) mass is 245 g/mol. The van der Waals surface area contributed by atoms with E-state index >= 15 is 0 Å². The first-order valence-corrected chi connectivity index (χ1v) is 7.14. The van der Waals surface area contributed by atoms with Crippen molar-refractivity contribution in [3.05, 3.63) is 13.2 Å². The first-order chi connectivity index (χ1) is 8.06. The molecule has 0 bridgehead atoms. The van der Waals surface area contributed by atoms with Crippen LogP contribution in [-0.2, 0) is 0 Å². The van der Waals surface area contributed by atoms with Gasteiger partial charge in [-0.2, -0.15) is 0 Å². The van der Waals surface area contributed by atoms with Crippen LogP contribution < -0.4 is 5.73 Å². The first kappa shape index (κ1) is 25.5. The Kier molecular flexibility index (Phi) is 37.2. The second kappa shape index (κ2) is 24.8. The Balaban J connectivity index is -0.000000121. The Morgan fingerprint density at radius 1 is 0.824 bits per heavy atom. The molecule has 0 aromatic carbocycles. The van der Waals surface area contributed by atoms with Crippen LogP contribution in [0.25, 0.3) is 0 Å². The molecule has 108 valence electrons. The fourth-order valence-electron chi connectivity index (χ4n) is 1.76. The summed E-state index contributed by atoms with van der Waals surface area (Å²) in [6, 6.07) is 0. The summed E-state index contributed by atoms with van der Waals surface area (Å²) >= 11 is 0. The van der Waals surface area contributed by atoms with Gasteiger partial charge in [-0.15, -0.1) is 13.2 Å². The van der Waals surface area contributed by atoms with Crippen LogP contribution in [0, 0.1) is 17.8 Å². The van der Waals surface area contributed by atoms with Crippen LogP contribution in [0.4, 0.5) is 0 Å². The van der Waals surface area contributed by atoms with Crippen molar-refractivity contribution in [3.63, 3.8) is 0 Å². The summed E-state index contributed by atoms with van der Waals surface area (Å²) in [5.41, 5.74) is 4.50.